The topological polar surface area (TPSA) is 46.6 Å². The predicted molar refractivity (Wildman–Crippen MR) is 93.5 cm³/mol. The number of hydrogen-bond acceptors (Lipinski definition) is 4. The number of methoxy groups -OCH3 is 1. The predicted octanol–water partition coefficient (Wildman–Crippen LogP) is 3.78. The smallest absolute Gasteiger partial charge is 0.244 e. The first-order valence-corrected chi connectivity index (χ1v) is 9.92. The fraction of sp³-hybridized carbons (Fsp3) is 0.250. The van der Waals surface area contributed by atoms with Gasteiger partial charge >= 0.3 is 0 Å². The Hall–Kier alpha value is -1.21. The largest absolute Gasteiger partial charge is 0.497 e. The summed E-state index contributed by atoms with van der Waals surface area (Å²) in [6, 6.07) is 13.8. The summed E-state index contributed by atoms with van der Waals surface area (Å²) in [6.07, 6.45) is 0. The first-order chi connectivity index (χ1) is 11.0. The molecule has 0 aliphatic carbocycles. The van der Waals surface area contributed by atoms with Gasteiger partial charge in [-0.15, -0.1) is 11.8 Å². The Morgan fingerprint density at radius 3 is 2.39 bits per heavy atom. The molecule has 1 aliphatic heterocycles. The Kier molecular flexibility index (Phi) is 4.87. The van der Waals surface area contributed by atoms with E-state index >= 15 is 0 Å². The lowest BCUT2D eigenvalue weighted by Crippen LogP contribution is -2.30. The van der Waals surface area contributed by atoms with Crippen LogP contribution in [0.2, 0.25) is 5.02 Å². The first-order valence-electron chi connectivity index (χ1n) is 7.05. The minimum Gasteiger partial charge on any atom is -0.497 e. The molecule has 4 nitrogen and oxygen atoms in total. The van der Waals surface area contributed by atoms with Crippen LogP contribution in [0.3, 0.4) is 0 Å². The van der Waals surface area contributed by atoms with Crippen molar-refractivity contribution < 1.29 is 13.2 Å². The molecule has 1 atom stereocenters. The molecule has 1 fully saturated rings. The van der Waals surface area contributed by atoms with Crippen molar-refractivity contribution in [3.8, 4) is 5.75 Å². The van der Waals surface area contributed by atoms with Gasteiger partial charge in [-0.25, -0.2) is 8.42 Å². The summed E-state index contributed by atoms with van der Waals surface area (Å²) in [5.74, 6) is 1.52. The van der Waals surface area contributed by atoms with Gasteiger partial charge in [-0.2, -0.15) is 4.31 Å². The number of nitrogens with zero attached hydrogens (tertiary/aromatic N) is 1. The molecule has 0 aromatic heterocycles. The zero-order valence-electron chi connectivity index (χ0n) is 12.5. The van der Waals surface area contributed by atoms with Crippen LogP contribution in [-0.2, 0) is 10.0 Å². The lowest BCUT2D eigenvalue weighted by atomic mass is 10.2. The zero-order valence-corrected chi connectivity index (χ0v) is 14.9. The number of benzene rings is 2. The summed E-state index contributed by atoms with van der Waals surface area (Å²) in [4.78, 5) is 0.267. The second kappa shape index (κ2) is 6.73. The third-order valence-corrected chi connectivity index (χ3v) is 7.19. The molecule has 0 unspecified atom stereocenters. The molecule has 0 N–H and O–H groups in total. The van der Waals surface area contributed by atoms with Crippen LogP contribution in [-0.4, -0.2) is 32.1 Å². The van der Waals surface area contributed by atoms with Gasteiger partial charge in [0, 0.05) is 17.3 Å². The van der Waals surface area contributed by atoms with Crippen LogP contribution in [0.5, 0.6) is 5.75 Å². The van der Waals surface area contributed by atoms with Gasteiger partial charge in [-0.05, 0) is 42.0 Å². The molecule has 2 aromatic rings. The maximum atomic E-state index is 12.9. The van der Waals surface area contributed by atoms with Crippen LogP contribution in [0.1, 0.15) is 10.9 Å². The number of rotatable bonds is 4. The molecule has 23 heavy (non-hydrogen) atoms. The van der Waals surface area contributed by atoms with E-state index in [2.05, 4.69) is 0 Å². The summed E-state index contributed by atoms with van der Waals surface area (Å²) in [5.41, 5.74) is 0.950. The van der Waals surface area contributed by atoms with Crippen molar-refractivity contribution in [1.29, 1.82) is 0 Å². The lowest BCUT2D eigenvalue weighted by Gasteiger charge is -2.23. The van der Waals surface area contributed by atoms with Gasteiger partial charge in [0.15, 0.2) is 0 Å². The minimum absolute atomic E-state index is 0.221. The standard InChI is InChI=1S/C16H16ClNO3S2/c1-21-14-6-2-12(3-7-14)16-18(10-11-22-16)23(19,20)15-8-4-13(17)5-9-15/h2-9,16H,10-11H2,1H3/t16-/m1/s1. The summed E-state index contributed by atoms with van der Waals surface area (Å²) in [7, 11) is -1.94. The minimum atomic E-state index is -3.55. The van der Waals surface area contributed by atoms with Crippen LogP contribution in [0.15, 0.2) is 53.4 Å². The summed E-state index contributed by atoms with van der Waals surface area (Å²) in [5, 5.41) is 0.299. The third kappa shape index (κ3) is 3.35. The Morgan fingerprint density at radius 1 is 1.13 bits per heavy atom. The molecule has 1 aliphatic rings. The van der Waals surface area contributed by atoms with E-state index in [-0.39, 0.29) is 10.3 Å². The van der Waals surface area contributed by atoms with E-state index in [4.69, 9.17) is 16.3 Å². The number of ether oxygens (including phenoxy) is 1. The fourth-order valence-corrected chi connectivity index (χ4v) is 5.84. The number of halogens is 1. The van der Waals surface area contributed by atoms with Gasteiger partial charge in [0.1, 0.15) is 5.75 Å². The highest BCUT2D eigenvalue weighted by Crippen LogP contribution is 2.41. The van der Waals surface area contributed by atoms with E-state index in [9.17, 15) is 8.42 Å². The van der Waals surface area contributed by atoms with Crippen LogP contribution in [0.25, 0.3) is 0 Å². The second-order valence-corrected chi connectivity index (χ2v) is 8.58. The highest BCUT2D eigenvalue weighted by atomic mass is 35.5. The Balaban J connectivity index is 1.92. The molecule has 7 heteroatoms. The molecule has 0 spiro atoms. The molecule has 3 rings (SSSR count). The second-order valence-electron chi connectivity index (χ2n) is 5.07. The zero-order chi connectivity index (χ0) is 16.4. The molecule has 0 radical (unpaired) electrons. The molecule has 0 amide bonds. The van der Waals surface area contributed by atoms with Crippen molar-refractivity contribution in [3.63, 3.8) is 0 Å². The van der Waals surface area contributed by atoms with Crippen molar-refractivity contribution >= 4 is 33.4 Å². The van der Waals surface area contributed by atoms with Crippen molar-refractivity contribution in [1.82, 2.24) is 4.31 Å². The van der Waals surface area contributed by atoms with E-state index in [1.807, 2.05) is 24.3 Å². The van der Waals surface area contributed by atoms with Crippen molar-refractivity contribution in [2.24, 2.45) is 0 Å². The van der Waals surface area contributed by atoms with Gasteiger partial charge in [0.2, 0.25) is 10.0 Å². The van der Waals surface area contributed by atoms with E-state index in [1.54, 1.807) is 47.4 Å². The van der Waals surface area contributed by atoms with Gasteiger partial charge in [-0.1, -0.05) is 23.7 Å². The average molecular weight is 370 g/mol. The number of sulfonamides is 1. The SMILES string of the molecule is COc1ccc([C@H]2SCCN2S(=O)(=O)c2ccc(Cl)cc2)cc1. The molecule has 122 valence electrons. The Morgan fingerprint density at radius 2 is 1.78 bits per heavy atom. The molecule has 2 aromatic carbocycles. The van der Waals surface area contributed by atoms with E-state index < -0.39 is 10.0 Å². The van der Waals surface area contributed by atoms with Crippen LogP contribution < -0.4 is 4.74 Å². The maximum absolute atomic E-state index is 12.9. The fourth-order valence-electron chi connectivity index (χ4n) is 2.47. The lowest BCUT2D eigenvalue weighted by molar-refractivity contribution is 0.413. The monoisotopic (exact) mass is 369 g/mol. The van der Waals surface area contributed by atoms with E-state index in [1.165, 1.54) is 0 Å². The van der Waals surface area contributed by atoms with E-state index in [0.717, 1.165) is 17.1 Å². The average Bonchev–Trinajstić information content (AvgIpc) is 3.06. The van der Waals surface area contributed by atoms with Gasteiger partial charge in [0.05, 0.1) is 17.4 Å². The number of thioether (sulfide) groups is 1. The van der Waals surface area contributed by atoms with Gasteiger partial charge in [0.25, 0.3) is 0 Å². The highest BCUT2D eigenvalue weighted by Gasteiger charge is 2.36. The van der Waals surface area contributed by atoms with Crippen LogP contribution in [0, 0.1) is 0 Å². The quantitative estimate of drug-likeness (QED) is 0.822. The normalized spacial score (nSPS) is 19.0. The summed E-state index contributed by atoms with van der Waals surface area (Å²) >= 11 is 7.47. The Labute approximate surface area is 145 Å². The summed E-state index contributed by atoms with van der Waals surface area (Å²) in [6.45, 7) is 0.492. The van der Waals surface area contributed by atoms with Crippen LogP contribution in [0.4, 0.5) is 0 Å². The van der Waals surface area contributed by atoms with Crippen molar-refractivity contribution in [2.45, 2.75) is 10.3 Å². The van der Waals surface area contributed by atoms with Crippen molar-refractivity contribution in [3.05, 3.63) is 59.1 Å². The maximum Gasteiger partial charge on any atom is 0.244 e. The molecule has 0 saturated carbocycles. The van der Waals surface area contributed by atoms with Gasteiger partial charge < -0.3 is 4.74 Å². The molecular formula is C16H16ClNO3S2. The molecule has 1 saturated heterocycles. The molecule has 1 heterocycles. The van der Waals surface area contributed by atoms with Gasteiger partial charge in [-0.3, -0.25) is 0 Å². The van der Waals surface area contributed by atoms with Crippen molar-refractivity contribution in [2.75, 3.05) is 19.4 Å². The third-order valence-electron chi connectivity index (χ3n) is 3.67. The van der Waals surface area contributed by atoms with Crippen LogP contribution >= 0.6 is 23.4 Å². The molecule has 0 bridgehead atoms. The van der Waals surface area contributed by atoms with E-state index in [0.29, 0.717) is 11.6 Å². The highest BCUT2D eigenvalue weighted by molar-refractivity contribution is 8.01. The number of hydrogen-bond donors (Lipinski definition) is 0. The summed E-state index contributed by atoms with van der Waals surface area (Å²) < 4.78 is 32.5. The Bertz CT molecular complexity index is 776. The molecular weight excluding hydrogens is 354 g/mol. The first kappa shape index (κ1) is 16.6.